The van der Waals surface area contributed by atoms with Crippen molar-refractivity contribution in [2.75, 3.05) is 6.54 Å². The Morgan fingerprint density at radius 2 is 2.29 bits per heavy atom. The van der Waals surface area contributed by atoms with Crippen LogP contribution in [0.15, 0.2) is 12.4 Å². The smallest absolute Gasteiger partial charge is 0.106 e. The SMILES string of the molecule is CC1CCC(C)C(NCCCc2ncc[nH]2)C1. The van der Waals surface area contributed by atoms with Gasteiger partial charge < -0.3 is 10.3 Å². The Kier molecular flexibility index (Phi) is 4.60. The van der Waals surface area contributed by atoms with Crippen LogP contribution < -0.4 is 5.32 Å². The number of imidazole rings is 1. The van der Waals surface area contributed by atoms with Gasteiger partial charge in [0.1, 0.15) is 5.82 Å². The number of aryl methyl sites for hydroxylation is 1. The van der Waals surface area contributed by atoms with Crippen molar-refractivity contribution in [1.29, 1.82) is 0 Å². The minimum atomic E-state index is 0.732. The third kappa shape index (κ3) is 3.84. The van der Waals surface area contributed by atoms with E-state index in [1.54, 1.807) is 0 Å². The van der Waals surface area contributed by atoms with Crippen molar-refractivity contribution in [1.82, 2.24) is 15.3 Å². The number of rotatable bonds is 5. The highest BCUT2D eigenvalue weighted by atomic mass is 14.9. The van der Waals surface area contributed by atoms with E-state index in [4.69, 9.17) is 0 Å². The number of aromatic amines is 1. The summed E-state index contributed by atoms with van der Waals surface area (Å²) in [4.78, 5) is 7.40. The van der Waals surface area contributed by atoms with Gasteiger partial charge in [-0.2, -0.15) is 0 Å². The zero-order chi connectivity index (χ0) is 12.1. The summed E-state index contributed by atoms with van der Waals surface area (Å²) in [5.74, 6) is 2.85. The fraction of sp³-hybridized carbons (Fsp3) is 0.786. The summed E-state index contributed by atoms with van der Waals surface area (Å²) in [5, 5.41) is 3.72. The number of H-pyrrole nitrogens is 1. The minimum absolute atomic E-state index is 0.732. The van der Waals surface area contributed by atoms with Gasteiger partial charge in [-0.15, -0.1) is 0 Å². The van der Waals surface area contributed by atoms with Crippen LogP contribution in [0.25, 0.3) is 0 Å². The first kappa shape index (κ1) is 12.6. The van der Waals surface area contributed by atoms with Crippen LogP contribution in [0.4, 0.5) is 0 Å². The Labute approximate surface area is 104 Å². The van der Waals surface area contributed by atoms with E-state index in [-0.39, 0.29) is 0 Å². The van der Waals surface area contributed by atoms with E-state index < -0.39 is 0 Å². The normalized spacial score (nSPS) is 29.4. The van der Waals surface area contributed by atoms with Gasteiger partial charge in [-0.25, -0.2) is 4.98 Å². The lowest BCUT2D eigenvalue weighted by molar-refractivity contribution is 0.228. The Morgan fingerprint density at radius 3 is 3.06 bits per heavy atom. The highest BCUT2D eigenvalue weighted by Crippen LogP contribution is 2.28. The van der Waals surface area contributed by atoms with Crippen LogP contribution >= 0.6 is 0 Å². The average molecular weight is 235 g/mol. The summed E-state index contributed by atoms with van der Waals surface area (Å²) in [6.07, 6.45) is 10.1. The zero-order valence-corrected chi connectivity index (χ0v) is 11.1. The molecule has 1 aliphatic rings. The second-order valence-electron chi connectivity index (χ2n) is 5.60. The van der Waals surface area contributed by atoms with Gasteiger partial charge >= 0.3 is 0 Å². The van der Waals surface area contributed by atoms with Gasteiger partial charge in [0.25, 0.3) is 0 Å². The molecule has 1 aromatic rings. The average Bonchev–Trinajstić information content (AvgIpc) is 2.82. The molecule has 3 nitrogen and oxygen atoms in total. The summed E-state index contributed by atoms with van der Waals surface area (Å²) in [5.41, 5.74) is 0. The lowest BCUT2D eigenvalue weighted by Crippen LogP contribution is -2.40. The molecule has 17 heavy (non-hydrogen) atoms. The van der Waals surface area contributed by atoms with Crippen molar-refractivity contribution < 1.29 is 0 Å². The van der Waals surface area contributed by atoms with Crippen molar-refractivity contribution >= 4 is 0 Å². The summed E-state index contributed by atoms with van der Waals surface area (Å²) in [7, 11) is 0. The molecule has 3 unspecified atom stereocenters. The Bertz CT molecular complexity index is 307. The molecule has 3 heteroatoms. The van der Waals surface area contributed by atoms with Crippen LogP contribution in [0.1, 0.15) is 45.4 Å². The third-order valence-electron chi connectivity index (χ3n) is 4.01. The molecule has 0 bridgehead atoms. The van der Waals surface area contributed by atoms with Crippen LogP contribution in [0.2, 0.25) is 0 Å². The zero-order valence-electron chi connectivity index (χ0n) is 11.1. The second kappa shape index (κ2) is 6.20. The summed E-state index contributed by atoms with van der Waals surface area (Å²) in [6.45, 7) is 5.88. The molecule has 1 aliphatic carbocycles. The molecule has 0 radical (unpaired) electrons. The maximum absolute atomic E-state index is 4.24. The summed E-state index contributed by atoms with van der Waals surface area (Å²) < 4.78 is 0. The van der Waals surface area contributed by atoms with Crippen molar-refractivity contribution in [3.8, 4) is 0 Å². The quantitative estimate of drug-likeness (QED) is 0.770. The van der Waals surface area contributed by atoms with E-state index in [0.717, 1.165) is 36.7 Å². The third-order valence-corrected chi connectivity index (χ3v) is 4.01. The van der Waals surface area contributed by atoms with Crippen LogP contribution in [-0.4, -0.2) is 22.6 Å². The van der Waals surface area contributed by atoms with Crippen molar-refractivity contribution in [2.24, 2.45) is 11.8 Å². The van der Waals surface area contributed by atoms with Gasteiger partial charge in [-0.1, -0.05) is 20.3 Å². The Balaban J connectivity index is 1.64. The summed E-state index contributed by atoms with van der Waals surface area (Å²) >= 11 is 0. The molecule has 1 fully saturated rings. The van der Waals surface area contributed by atoms with Crippen molar-refractivity contribution in [2.45, 2.75) is 52.0 Å². The summed E-state index contributed by atoms with van der Waals surface area (Å²) in [6, 6.07) is 0.732. The van der Waals surface area contributed by atoms with Crippen LogP contribution in [0.3, 0.4) is 0 Å². The lowest BCUT2D eigenvalue weighted by Gasteiger charge is -2.33. The molecule has 2 N–H and O–H groups in total. The van der Waals surface area contributed by atoms with E-state index in [0.29, 0.717) is 0 Å². The molecule has 0 saturated heterocycles. The molecule has 1 heterocycles. The fourth-order valence-electron chi connectivity index (χ4n) is 2.79. The monoisotopic (exact) mass is 235 g/mol. The van der Waals surface area contributed by atoms with Gasteiger partial charge in [0.15, 0.2) is 0 Å². The van der Waals surface area contributed by atoms with Crippen LogP contribution in [-0.2, 0) is 6.42 Å². The lowest BCUT2D eigenvalue weighted by atomic mass is 9.80. The fourth-order valence-corrected chi connectivity index (χ4v) is 2.79. The van der Waals surface area contributed by atoms with Gasteiger partial charge in [0, 0.05) is 24.9 Å². The molecule has 0 spiro atoms. The predicted octanol–water partition coefficient (Wildman–Crippen LogP) is 2.76. The molecule has 0 aromatic carbocycles. The van der Waals surface area contributed by atoms with Gasteiger partial charge in [0.05, 0.1) is 0 Å². The van der Waals surface area contributed by atoms with E-state index in [1.165, 1.54) is 25.7 Å². The largest absolute Gasteiger partial charge is 0.349 e. The highest BCUT2D eigenvalue weighted by molar-refractivity contribution is 4.87. The number of hydrogen-bond donors (Lipinski definition) is 2. The number of nitrogens with one attached hydrogen (secondary N) is 2. The van der Waals surface area contributed by atoms with E-state index >= 15 is 0 Å². The predicted molar refractivity (Wildman–Crippen MR) is 70.9 cm³/mol. The van der Waals surface area contributed by atoms with Crippen LogP contribution in [0, 0.1) is 11.8 Å². The molecule has 1 saturated carbocycles. The Morgan fingerprint density at radius 1 is 1.41 bits per heavy atom. The molecular formula is C14H25N3. The standard InChI is InChI=1S/C14H25N3/c1-11-5-6-12(2)13(10-11)15-7-3-4-14-16-8-9-17-14/h8-9,11-13,15H,3-7,10H2,1-2H3,(H,16,17). The van der Waals surface area contributed by atoms with Gasteiger partial charge in [-0.3, -0.25) is 0 Å². The number of hydrogen-bond acceptors (Lipinski definition) is 2. The second-order valence-corrected chi connectivity index (χ2v) is 5.60. The van der Waals surface area contributed by atoms with Gasteiger partial charge in [-0.05, 0) is 37.6 Å². The van der Waals surface area contributed by atoms with E-state index in [2.05, 4.69) is 29.1 Å². The first-order valence-corrected chi connectivity index (χ1v) is 6.97. The van der Waals surface area contributed by atoms with Crippen molar-refractivity contribution in [3.63, 3.8) is 0 Å². The molecule has 96 valence electrons. The van der Waals surface area contributed by atoms with Gasteiger partial charge in [0.2, 0.25) is 0 Å². The number of nitrogens with zero attached hydrogens (tertiary/aromatic N) is 1. The molecular weight excluding hydrogens is 210 g/mol. The molecule has 3 atom stereocenters. The van der Waals surface area contributed by atoms with E-state index in [1.807, 2.05) is 12.4 Å². The topological polar surface area (TPSA) is 40.7 Å². The minimum Gasteiger partial charge on any atom is -0.349 e. The highest BCUT2D eigenvalue weighted by Gasteiger charge is 2.24. The Hall–Kier alpha value is -0.830. The number of aromatic nitrogens is 2. The first-order chi connectivity index (χ1) is 8.25. The van der Waals surface area contributed by atoms with Crippen LogP contribution in [0.5, 0.6) is 0 Å². The maximum atomic E-state index is 4.24. The molecule has 1 aromatic heterocycles. The maximum Gasteiger partial charge on any atom is 0.106 e. The van der Waals surface area contributed by atoms with E-state index in [9.17, 15) is 0 Å². The van der Waals surface area contributed by atoms with Crippen molar-refractivity contribution in [3.05, 3.63) is 18.2 Å². The molecule has 2 rings (SSSR count). The molecule has 0 amide bonds. The molecule has 0 aliphatic heterocycles. The first-order valence-electron chi connectivity index (χ1n) is 6.97.